The summed E-state index contributed by atoms with van der Waals surface area (Å²) < 4.78 is 26.3. The Bertz CT molecular complexity index is 1070. The van der Waals surface area contributed by atoms with Crippen molar-refractivity contribution in [1.82, 2.24) is 0 Å². The van der Waals surface area contributed by atoms with Crippen LogP contribution in [0.25, 0.3) is 0 Å². The summed E-state index contributed by atoms with van der Waals surface area (Å²) in [7, 11) is -4.77. The number of phosphoric ester groups is 1. The van der Waals surface area contributed by atoms with Crippen molar-refractivity contribution in [3.63, 3.8) is 0 Å². The first-order valence-corrected chi connectivity index (χ1v) is 21.8. The summed E-state index contributed by atoms with van der Waals surface area (Å²) in [6.07, 6.45) is 49.1. The van der Waals surface area contributed by atoms with Gasteiger partial charge in [-0.25, -0.2) is 4.57 Å². The van der Waals surface area contributed by atoms with Crippen molar-refractivity contribution in [1.29, 1.82) is 0 Å². The number of esters is 2. The zero-order valence-electron chi connectivity index (χ0n) is 32.7. The molecule has 0 spiro atoms. The number of carbonyl (C=O) groups is 2. The summed E-state index contributed by atoms with van der Waals surface area (Å²) >= 11 is 0. The smallest absolute Gasteiger partial charge is 0.462 e. The van der Waals surface area contributed by atoms with Crippen LogP contribution in [-0.4, -0.2) is 41.0 Å². The monoisotopic (exact) mass is 749 g/mol. The minimum atomic E-state index is -4.77. The van der Waals surface area contributed by atoms with Crippen molar-refractivity contribution in [2.45, 2.75) is 174 Å². The van der Waals surface area contributed by atoms with Gasteiger partial charge >= 0.3 is 19.8 Å². The first-order valence-electron chi connectivity index (χ1n) is 20.2. The van der Waals surface area contributed by atoms with E-state index in [0.29, 0.717) is 12.8 Å². The van der Waals surface area contributed by atoms with E-state index in [1.54, 1.807) is 0 Å². The Hall–Kier alpha value is -2.51. The second-order valence-corrected chi connectivity index (χ2v) is 14.5. The first-order chi connectivity index (χ1) is 25.3. The van der Waals surface area contributed by atoms with E-state index >= 15 is 0 Å². The molecule has 1 atom stereocenters. The number of unbranched alkanes of at least 4 members (excludes halogenated alkanes) is 14. The Morgan fingerprint density at radius 1 is 0.519 bits per heavy atom. The number of hydrogen-bond acceptors (Lipinski definition) is 6. The maximum Gasteiger partial charge on any atom is 0.469 e. The molecule has 0 aliphatic rings. The Morgan fingerprint density at radius 3 is 1.42 bits per heavy atom. The van der Waals surface area contributed by atoms with Crippen LogP contribution in [0.2, 0.25) is 0 Å². The predicted octanol–water partition coefficient (Wildman–Crippen LogP) is 12.3. The summed E-state index contributed by atoms with van der Waals surface area (Å²) in [5.74, 6) is -0.944. The number of carbonyl (C=O) groups excluding carboxylic acids is 2. The zero-order valence-corrected chi connectivity index (χ0v) is 33.6. The first kappa shape index (κ1) is 49.5. The molecule has 0 aromatic rings. The van der Waals surface area contributed by atoms with Gasteiger partial charge in [-0.3, -0.25) is 14.1 Å². The Labute approximate surface area is 317 Å². The average molecular weight is 749 g/mol. The van der Waals surface area contributed by atoms with E-state index in [4.69, 9.17) is 19.3 Å². The lowest BCUT2D eigenvalue weighted by atomic mass is 10.1. The van der Waals surface area contributed by atoms with Gasteiger partial charge in [0.05, 0.1) is 6.61 Å². The fourth-order valence-corrected chi connectivity index (χ4v) is 5.58. The van der Waals surface area contributed by atoms with Gasteiger partial charge in [0, 0.05) is 12.8 Å². The van der Waals surface area contributed by atoms with Crippen molar-refractivity contribution >= 4 is 19.8 Å². The van der Waals surface area contributed by atoms with E-state index in [9.17, 15) is 14.2 Å². The van der Waals surface area contributed by atoms with Crippen LogP contribution in [0.3, 0.4) is 0 Å². The molecule has 0 fully saturated rings. The molecular formula is C43H73O8P. The van der Waals surface area contributed by atoms with Gasteiger partial charge in [0.25, 0.3) is 0 Å². The van der Waals surface area contributed by atoms with Crippen LogP contribution in [0.15, 0.2) is 72.9 Å². The highest BCUT2D eigenvalue weighted by Crippen LogP contribution is 2.36. The number of allylic oxidation sites excluding steroid dienone is 12. The molecule has 0 aliphatic carbocycles. The number of hydrogen-bond donors (Lipinski definition) is 2. The minimum Gasteiger partial charge on any atom is -0.462 e. The minimum absolute atomic E-state index is 0.155. The Balaban J connectivity index is 4.00. The van der Waals surface area contributed by atoms with Crippen LogP contribution in [0.1, 0.15) is 168 Å². The maximum atomic E-state index is 12.4. The summed E-state index contributed by atoms with van der Waals surface area (Å²) in [6, 6.07) is 0. The summed E-state index contributed by atoms with van der Waals surface area (Å²) in [4.78, 5) is 42.8. The third kappa shape index (κ3) is 40.3. The van der Waals surface area contributed by atoms with E-state index in [1.807, 2.05) is 0 Å². The molecule has 298 valence electrons. The van der Waals surface area contributed by atoms with E-state index < -0.39 is 32.5 Å². The second kappa shape index (κ2) is 38.2. The fraction of sp³-hybridized carbons (Fsp3) is 0.674. The molecular weight excluding hydrogens is 675 g/mol. The van der Waals surface area contributed by atoms with Gasteiger partial charge in [0.1, 0.15) is 6.61 Å². The lowest BCUT2D eigenvalue weighted by Crippen LogP contribution is -2.29. The van der Waals surface area contributed by atoms with Crippen LogP contribution in [0, 0.1) is 0 Å². The normalized spacial score (nSPS) is 13.2. The molecule has 0 aromatic heterocycles. The molecule has 0 amide bonds. The molecule has 0 rings (SSSR count). The Morgan fingerprint density at radius 2 is 0.923 bits per heavy atom. The highest BCUT2D eigenvalue weighted by molar-refractivity contribution is 7.46. The van der Waals surface area contributed by atoms with Crippen LogP contribution < -0.4 is 0 Å². The van der Waals surface area contributed by atoms with Crippen molar-refractivity contribution < 1.29 is 37.9 Å². The van der Waals surface area contributed by atoms with Gasteiger partial charge in [-0.05, 0) is 83.5 Å². The highest BCUT2D eigenvalue weighted by atomic mass is 31.2. The molecule has 0 saturated carbocycles. The molecule has 0 aromatic carbocycles. The number of phosphoric acid groups is 1. The lowest BCUT2D eigenvalue weighted by Gasteiger charge is -2.18. The largest absolute Gasteiger partial charge is 0.469 e. The fourth-order valence-electron chi connectivity index (χ4n) is 5.22. The third-order valence-corrected chi connectivity index (χ3v) is 8.69. The topological polar surface area (TPSA) is 119 Å². The average Bonchev–Trinajstić information content (AvgIpc) is 3.11. The molecule has 52 heavy (non-hydrogen) atoms. The van der Waals surface area contributed by atoms with Gasteiger partial charge in [0.15, 0.2) is 6.10 Å². The standard InChI is InChI=1S/C43H73O8P/c1-3-5-7-9-11-13-15-17-19-20-21-22-24-25-27-29-31-33-35-37-42(44)49-39-41(40-50-52(46,47)48)51-43(45)38-36-34-32-30-28-26-23-18-16-14-12-10-8-6-4-2/h6,8,11-14,17-19,23,28,30,41H,3-5,7,9-10,15-16,20-22,24-27,29,31-40H2,1-2H3,(H2,46,47,48)/b8-6-,13-11-,14-12-,19-17-,23-18-,30-28-. The molecule has 1 unspecified atom stereocenters. The molecule has 0 radical (unpaired) electrons. The maximum absolute atomic E-state index is 12.4. The number of ether oxygens (including phenoxy) is 2. The second-order valence-electron chi connectivity index (χ2n) is 13.2. The molecule has 0 heterocycles. The summed E-state index contributed by atoms with van der Waals surface area (Å²) in [6.45, 7) is 3.50. The molecule has 0 aliphatic heterocycles. The number of rotatable bonds is 36. The van der Waals surface area contributed by atoms with Gasteiger partial charge in [-0.2, -0.15) is 0 Å². The quantitative estimate of drug-likeness (QED) is 0.0281. The highest BCUT2D eigenvalue weighted by Gasteiger charge is 2.22. The van der Waals surface area contributed by atoms with E-state index in [0.717, 1.165) is 70.6 Å². The van der Waals surface area contributed by atoms with Crippen LogP contribution in [0.5, 0.6) is 0 Å². The predicted molar refractivity (Wildman–Crippen MR) is 216 cm³/mol. The van der Waals surface area contributed by atoms with E-state index in [1.165, 1.54) is 57.8 Å². The van der Waals surface area contributed by atoms with Gasteiger partial charge < -0.3 is 19.3 Å². The van der Waals surface area contributed by atoms with E-state index in [-0.39, 0.29) is 19.4 Å². The van der Waals surface area contributed by atoms with Crippen LogP contribution in [0.4, 0.5) is 0 Å². The molecule has 0 saturated heterocycles. The van der Waals surface area contributed by atoms with Crippen molar-refractivity contribution in [2.75, 3.05) is 13.2 Å². The van der Waals surface area contributed by atoms with Crippen LogP contribution >= 0.6 is 7.82 Å². The van der Waals surface area contributed by atoms with Crippen molar-refractivity contribution in [3.8, 4) is 0 Å². The lowest BCUT2D eigenvalue weighted by molar-refractivity contribution is -0.161. The van der Waals surface area contributed by atoms with Gasteiger partial charge in [-0.15, -0.1) is 0 Å². The molecule has 2 N–H and O–H groups in total. The molecule has 8 nitrogen and oxygen atoms in total. The third-order valence-electron chi connectivity index (χ3n) is 8.21. The van der Waals surface area contributed by atoms with Gasteiger partial charge in [-0.1, -0.05) is 145 Å². The van der Waals surface area contributed by atoms with Crippen molar-refractivity contribution in [3.05, 3.63) is 72.9 Å². The summed E-state index contributed by atoms with van der Waals surface area (Å²) in [5.41, 5.74) is 0. The SMILES string of the molecule is CC/C=C\C/C=C\C/C=C\C/C=C\CCCCC(=O)OC(COC(=O)CCCCCCCCCCC/C=C\C/C=C\CCCCC)COP(=O)(O)O. The molecule has 0 bridgehead atoms. The van der Waals surface area contributed by atoms with Crippen molar-refractivity contribution in [2.24, 2.45) is 0 Å². The van der Waals surface area contributed by atoms with Gasteiger partial charge in [0.2, 0.25) is 0 Å². The summed E-state index contributed by atoms with van der Waals surface area (Å²) in [5, 5.41) is 0. The molecule has 9 heteroatoms. The zero-order chi connectivity index (χ0) is 38.2. The van der Waals surface area contributed by atoms with Crippen LogP contribution in [-0.2, 0) is 28.2 Å². The van der Waals surface area contributed by atoms with E-state index in [2.05, 4.69) is 91.3 Å². The Kier molecular flexibility index (Phi) is 36.4.